The van der Waals surface area contributed by atoms with E-state index in [9.17, 15) is 9.59 Å². The fourth-order valence-corrected chi connectivity index (χ4v) is 4.92. The molecule has 1 aromatic carbocycles. The smallest absolute Gasteiger partial charge is 0.264 e. The molecule has 0 aliphatic rings. The van der Waals surface area contributed by atoms with Gasteiger partial charge >= 0.3 is 0 Å². The zero-order valence-electron chi connectivity index (χ0n) is 19.9. The molecule has 9 nitrogen and oxygen atoms in total. The van der Waals surface area contributed by atoms with Crippen LogP contribution in [0.25, 0.3) is 21.2 Å². The van der Waals surface area contributed by atoms with Crippen LogP contribution in [0.5, 0.6) is 11.5 Å². The highest BCUT2D eigenvalue weighted by molar-refractivity contribution is 7.21. The van der Waals surface area contributed by atoms with Gasteiger partial charge in [0.05, 0.1) is 37.5 Å². The molecule has 1 N–H and O–H groups in total. The standard InChI is InChI=1S/C25H26N4O5S/c1-15(21-13-28-14-34-21)29(6-5-23(30)26-2)25(31)22-9-16-7-18(32-3)10-20(24(16)35-22)17-8-19(33-4)12-27-11-17/h7-15H,5-6H2,1-4H3,(H,26,30). The van der Waals surface area contributed by atoms with Gasteiger partial charge in [0.25, 0.3) is 5.91 Å². The van der Waals surface area contributed by atoms with Gasteiger partial charge in [0.2, 0.25) is 5.91 Å². The van der Waals surface area contributed by atoms with Crippen molar-refractivity contribution in [2.24, 2.45) is 0 Å². The highest BCUT2D eigenvalue weighted by Gasteiger charge is 2.27. The van der Waals surface area contributed by atoms with E-state index in [4.69, 9.17) is 13.9 Å². The summed E-state index contributed by atoms with van der Waals surface area (Å²) in [5.74, 6) is 1.49. The molecule has 0 spiro atoms. The molecule has 3 heterocycles. The number of methoxy groups -OCH3 is 2. The fourth-order valence-electron chi connectivity index (χ4n) is 3.79. The van der Waals surface area contributed by atoms with Gasteiger partial charge < -0.3 is 24.1 Å². The lowest BCUT2D eigenvalue weighted by molar-refractivity contribution is -0.120. The molecule has 0 aliphatic heterocycles. The maximum atomic E-state index is 13.7. The molecule has 1 unspecified atom stereocenters. The van der Waals surface area contributed by atoms with Crippen LogP contribution in [-0.2, 0) is 4.79 Å². The molecule has 35 heavy (non-hydrogen) atoms. The molecular formula is C25H26N4O5S. The first kappa shape index (κ1) is 24.2. The normalized spacial score (nSPS) is 11.8. The first-order valence-corrected chi connectivity index (χ1v) is 11.8. The van der Waals surface area contributed by atoms with Crippen LogP contribution in [0.2, 0.25) is 0 Å². The van der Waals surface area contributed by atoms with Crippen molar-refractivity contribution in [3.05, 3.63) is 59.9 Å². The first-order valence-electron chi connectivity index (χ1n) is 11.0. The minimum Gasteiger partial charge on any atom is -0.497 e. The zero-order chi connectivity index (χ0) is 24.9. The number of nitrogens with zero attached hydrogens (tertiary/aromatic N) is 3. The molecule has 0 saturated heterocycles. The minimum atomic E-state index is -0.406. The van der Waals surface area contributed by atoms with Crippen LogP contribution in [0.15, 0.2) is 53.7 Å². The molecule has 182 valence electrons. The van der Waals surface area contributed by atoms with Crippen molar-refractivity contribution in [2.45, 2.75) is 19.4 Å². The van der Waals surface area contributed by atoms with Crippen molar-refractivity contribution in [1.82, 2.24) is 20.2 Å². The monoisotopic (exact) mass is 494 g/mol. The molecule has 10 heteroatoms. The van der Waals surface area contributed by atoms with E-state index in [1.165, 1.54) is 17.7 Å². The Morgan fingerprint density at radius 2 is 1.89 bits per heavy atom. The zero-order valence-corrected chi connectivity index (χ0v) is 20.7. The number of benzene rings is 1. The number of nitrogens with one attached hydrogen (secondary N) is 1. The summed E-state index contributed by atoms with van der Waals surface area (Å²) in [6.45, 7) is 2.08. The summed E-state index contributed by atoms with van der Waals surface area (Å²) in [5.41, 5.74) is 1.73. The number of ether oxygens (including phenoxy) is 2. The summed E-state index contributed by atoms with van der Waals surface area (Å²) in [6, 6.07) is 7.15. The van der Waals surface area contributed by atoms with Crippen LogP contribution in [-0.4, -0.2) is 54.5 Å². The van der Waals surface area contributed by atoms with Crippen LogP contribution in [0.3, 0.4) is 0 Å². The Hall–Kier alpha value is -3.92. The molecule has 1 atom stereocenters. The van der Waals surface area contributed by atoms with E-state index in [1.54, 1.807) is 44.8 Å². The second-order valence-corrected chi connectivity index (χ2v) is 8.87. The van der Waals surface area contributed by atoms with Crippen molar-refractivity contribution >= 4 is 33.2 Å². The molecule has 0 radical (unpaired) electrons. The number of fused-ring (bicyclic) bond motifs is 1. The Morgan fingerprint density at radius 3 is 2.57 bits per heavy atom. The van der Waals surface area contributed by atoms with Crippen LogP contribution >= 0.6 is 11.3 Å². The third-order valence-electron chi connectivity index (χ3n) is 5.75. The number of hydrogen-bond donors (Lipinski definition) is 1. The Morgan fingerprint density at radius 1 is 1.09 bits per heavy atom. The molecule has 0 fully saturated rings. The van der Waals surface area contributed by atoms with Gasteiger partial charge in [-0.1, -0.05) is 0 Å². The number of carbonyl (C=O) groups is 2. The van der Waals surface area contributed by atoms with Gasteiger partial charge in [0.15, 0.2) is 6.39 Å². The van der Waals surface area contributed by atoms with Crippen LogP contribution in [0.4, 0.5) is 0 Å². The molecular weight excluding hydrogens is 468 g/mol. The maximum Gasteiger partial charge on any atom is 0.264 e. The van der Waals surface area contributed by atoms with Crippen LogP contribution < -0.4 is 14.8 Å². The van der Waals surface area contributed by atoms with E-state index in [1.807, 2.05) is 31.2 Å². The van der Waals surface area contributed by atoms with Crippen molar-refractivity contribution in [3.8, 4) is 22.6 Å². The Labute approximate surface area is 206 Å². The minimum absolute atomic E-state index is 0.151. The fraction of sp³-hybridized carbons (Fsp3) is 0.280. The molecule has 2 amide bonds. The van der Waals surface area contributed by atoms with Crippen molar-refractivity contribution in [1.29, 1.82) is 0 Å². The number of oxazole rings is 1. The van der Waals surface area contributed by atoms with Crippen molar-refractivity contribution < 1.29 is 23.5 Å². The van der Waals surface area contributed by atoms with Gasteiger partial charge in [-0.3, -0.25) is 14.6 Å². The quantitative estimate of drug-likeness (QED) is 0.369. The number of thiophene rings is 1. The average molecular weight is 495 g/mol. The highest BCUT2D eigenvalue weighted by Crippen LogP contribution is 2.39. The van der Waals surface area contributed by atoms with Crippen LogP contribution in [0, 0.1) is 0 Å². The molecule has 4 rings (SSSR count). The number of hydrogen-bond acceptors (Lipinski definition) is 8. The van der Waals surface area contributed by atoms with Gasteiger partial charge in [-0.05, 0) is 36.6 Å². The Bertz CT molecular complexity index is 1340. The van der Waals surface area contributed by atoms with E-state index in [0.717, 1.165) is 21.2 Å². The predicted octanol–water partition coefficient (Wildman–Crippen LogP) is 4.31. The second-order valence-electron chi connectivity index (χ2n) is 7.82. The Kier molecular flexibility index (Phi) is 7.31. The van der Waals surface area contributed by atoms with Gasteiger partial charge in [-0.25, -0.2) is 4.98 Å². The van der Waals surface area contributed by atoms with Crippen molar-refractivity contribution in [3.63, 3.8) is 0 Å². The molecule has 0 aliphatic carbocycles. The Balaban J connectivity index is 1.76. The highest BCUT2D eigenvalue weighted by atomic mass is 32.1. The average Bonchev–Trinajstić information content (AvgIpc) is 3.58. The SMILES string of the molecule is CNC(=O)CCN(C(=O)c1cc2cc(OC)cc(-c3cncc(OC)c3)c2s1)C(C)c1cnco1. The summed E-state index contributed by atoms with van der Waals surface area (Å²) in [5, 5.41) is 3.47. The molecule has 3 aromatic heterocycles. The van der Waals surface area contributed by atoms with E-state index in [2.05, 4.69) is 15.3 Å². The van der Waals surface area contributed by atoms with E-state index in [0.29, 0.717) is 22.1 Å². The predicted molar refractivity (Wildman–Crippen MR) is 133 cm³/mol. The summed E-state index contributed by atoms with van der Waals surface area (Å²) in [6.07, 6.45) is 6.46. The summed E-state index contributed by atoms with van der Waals surface area (Å²) in [7, 11) is 4.77. The van der Waals surface area contributed by atoms with Gasteiger partial charge in [0.1, 0.15) is 17.3 Å². The summed E-state index contributed by atoms with van der Waals surface area (Å²) < 4.78 is 17.2. The lowest BCUT2D eigenvalue weighted by Crippen LogP contribution is -2.36. The number of aromatic nitrogens is 2. The van der Waals surface area contributed by atoms with Gasteiger partial charge in [-0.15, -0.1) is 11.3 Å². The van der Waals surface area contributed by atoms with E-state index in [-0.39, 0.29) is 24.8 Å². The van der Waals surface area contributed by atoms with E-state index < -0.39 is 6.04 Å². The number of pyridine rings is 1. The lowest BCUT2D eigenvalue weighted by Gasteiger charge is -2.27. The van der Waals surface area contributed by atoms with Crippen LogP contribution in [0.1, 0.15) is 34.8 Å². The number of amides is 2. The molecule has 4 aromatic rings. The van der Waals surface area contributed by atoms with E-state index >= 15 is 0 Å². The second kappa shape index (κ2) is 10.6. The van der Waals surface area contributed by atoms with Gasteiger partial charge in [0, 0.05) is 42.0 Å². The maximum absolute atomic E-state index is 13.7. The molecule has 0 bridgehead atoms. The van der Waals surface area contributed by atoms with Gasteiger partial charge in [-0.2, -0.15) is 0 Å². The lowest BCUT2D eigenvalue weighted by atomic mass is 10.0. The largest absolute Gasteiger partial charge is 0.497 e. The summed E-state index contributed by atoms with van der Waals surface area (Å²) >= 11 is 1.38. The topological polar surface area (TPSA) is 107 Å². The molecule has 0 saturated carbocycles. The summed E-state index contributed by atoms with van der Waals surface area (Å²) in [4.78, 5) is 36.1. The van der Waals surface area contributed by atoms with Crippen molar-refractivity contribution in [2.75, 3.05) is 27.8 Å². The third kappa shape index (κ3) is 5.12. The number of rotatable bonds is 9. The number of carbonyl (C=O) groups excluding carboxylic acids is 2. The third-order valence-corrected chi connectivity index (χ3v) is 6.92. The first-order chi connectivity index (χ1) is 16.9.